The topological polar surface area (TPSA) is 58.2 Å². The van der Waals surface area contributed by atoms with E-state index in [1.807, 2.05) is 13.8 Å². The van der Waals surface area contributed by atoms with E-state index >= 15 is 0 Å². The molecule has 0 fully saturated rings. The number of carbonyl (C=O) groups excluding carboxylic acids is 2. The fourth-order valence-corrected chi connectivity index (χ4v) is 2.59. The predicted molar refractivity (Wildman–Crippen MR) is 111 cm³/mol. The molecule has 2 aromatic carbocycles. The van der Waals surface area contributed by atoms with Gasteiger partial charge in [0.1, 0.15) is 17.5 Å². The normalized spacial score (nSPS) is 12.4. The summed E-state index contributed by atoms with van der Waals surface area (Å²) < 4.78 is 39.7. The summed E-state index contributed by atoms with van der Waals surface area (Å²) in [6.45, 7) is 8.23. The van der Waals surface area contributed by atoms with E-state index < -0.39 is 17.7 Å². The standard InChI is InChI=1S/C12H16FNO.C10H11F2NO.2H2/c1-8(2)12(15)14-9(3)10-6-4-5-7-11(10)13;1-6(13-7(2)14)10-8(11)4-3-5-9(10)12;;/h4-9H,1-3H3,(H,14,15);3-6H,1-2H3,(H,13,14);2*1H. The fourth-order valence-electron chi connectivity index (χ4n) is 2.59. The van der Waals surface area contributed by atoms with Crippen LogP contribution in [-0.4, -0.2) is 11.8 Å². The third-order valence-electron chi connectivity index (χ3n) is 4.11. The molecule has 162 valence electrons. The first-order chi connectivity index (χ1) is 13.5. The Bertz CT molecular complexity index is 831. The van der Waals surface area contributed by atoms with Crippen LogP contribution in [0.4, 0.5) is 13.2 Å². The molecule has 2 N–H and O–H groups in total. The van der Waals surface area contributed by atoms with E-state index in [0.717, 1.165) is 12.1 Å². The average molecular weight is 412 g/mol. The van der Waals surface area contributed by atoms with Crippen molar-refractivity contribution in [1.29, 1.82) is 0 Å². The van der Waals surface area contributed by atoms with Gasteiger partial charge in [-0.1, -0.05) is 38.1 Å². The van der Waals surface area contributed by atoms with E-state index in [1.54, 1.807) is 25.1 Å². The lowest BCUT2D eigenvalue weighted by Gasteiger charge is -2.16. The summed E-state index contributed by atoms with van der Waals surface area (Å²) in [5, 5.41) is 5.18. The lowest BCUT2D eigenvalue weighted by atomic mass is 10.1. The third-order valence-corrected chi connectivity index (χ3v) is 4.11. The van der Waals surface area contributed by atoms with Crippen LogP contribution in [0, 0.1) is 23.4 Å². The summed E-state index contributed by atoms with van der Waals surface area (Å²) in [6, 6.07) is 9.14. The van der Waals surface area contributed by atoms with Crippen molar-refractivity contribution in [3.63, 3.8) is 0 Å². The summed E-state index contributed by atoms with van der Waals surface area (Å²) in [4.78, 5) is 22.1. The number of halogens is 3. The van der Waals surface area contributed by atoms with E-state index in [9.17, 15) is 22.8 Å². The molecular formula is C22H31F3N2O2. The van der Waals surface area contributed by atoms with Crippen LogP contribution in [0.5, 0.6) is 0 Å². The van der Waals surface area contributed by atoms with E-state index in [-0.39, 0.29) is 38.0 Å². The lowest BCUT2D eigenvalue weighted by Crippen LogP contribution is -2.30. The van der Waals surface area contributed by atoms with Crippen LogP contribution >= 0.6 is 0 Å². The van der Waals surface area contributed by atoms with Gasteiger partial charge in [-0.15, -0.1) is 0 Å². The Balaban J connectivity index is 0. The third kappa shape index (κ3) is 7.60. The maximum atomic E-state index is 13.3. The second kappa shape index (κ2) is 11.2. The number of rotatable bonds is 5. The Hall–Kier alpha value is -2.83. The largest absolute Gasteiger partial charge is 0.350 e. The molecule has 0 radical (unpaired) electrons. The molecule has 0 saturated heterocycles. The van der Waals surface area contributed by atoms with Gasteiger partial charge in [0.2, 0.25) is 11.8 Å². The molecule has 0 aliphatic carbocycles. The van der Waals surface area contributed by atoms with Crippen molar-refractivity contribution in [3.8, 4) is 0 Å². The SMILES string of the molecule is CC(=O)NC(C)c1c(F)cccc1F.CC(C)C(=O)NC(C)c1ccccc1F.[HH].[HH]. The number of carbonyl (C=O) groups is 2. The highest BCUT2D eigenvalue weighted by atomic mass is 19.1. The van der Waals surface area contributed by atoms with Crippen molar-refractivity contribution in [2.75, 3.05) is 0 Å². The highest BCUT2D eigenvalue weighted by Crippen LogP contribution is 2.20. The summed E-state index contributed by atoms with van der Waals surface area (Å²) >= 11 is 0. The van der Waals surface area contributed by atoms with Gasteiger partial charge in [0.25, 0.3) is 0 Å². The molecule has 0 aliphatic heterocycles. The first kappa shape index (κ1) is 24.2. The zero-order valence-corrected chi connectivity index (χ0v) is 17.2. The van der Waals surface area contributed by atoms with Crippen LogP contribution in [0.1, 0.15) is 60.7 Å². The second-order valence-corrected chi connectivity index (χ2v) is 6.96. The molecule has 4 nitrogen and oxygen atoms in total. The first-order valence-corrected chi connectivity index (χ1v) is 9.30. The molecule has 0 aliphatic rings. The van der Waals surface area contributed by atoms with Crippen molar-refractivity contribution in [1.82, 2.24) is 10.6 Å². The number of hydrogen-bond acceptors (Lipinski definition) is 2. The molecule has 2 unspecified atom stereocenters. The Morgan fingerprint density at radius 2 is 1.31 bits per heavy atom. The summed E-state index contributed by atoms with van der Waals surface area (Å²) in [5.41, 5.74) is 0.411. The predicted octanol–water partition coefficient (Wildman–Crippen LogP) is 5.31. The Kier molecular flexibility index (Phi) is 9.38. The molecule has 0 heterocycles. The van der Waals surface area contributed by atoms with Gasteiger partial charge in [-0.25, -0.2) is 13.2 Å². The summed E-state index contributed by atoms with van der Waals surface area (Å²) in [7, 11) is 0. The van der Waals surface area contributed by atoms with Gasteiger partial charge in [-0.05, 0) is 32.0 Å². The number of hydrogen-bond donors (Lipinski definition) is 2. The second-order valence-electron chi connectivity index (χ2n) is 6.96. The molecule has 2 rings (SSSR count). The molecule has 7 heteroatoms. The molecule has 2 atom stereocenters. The Morgan fingerprint density at radius 3 is 1.79 bits per heavy atom. The van der Waals surface area contributed by atoms with Gasteiger partial charge in [0.05, 0.1) is 12.1 Å². The van der Waals surface area contributed by atoms with Crippen molar-refractivity contribution in [3.05, 3.63) is 71.0 Å². The van der Waals surface area contributed by atoms with E-state index in [4.69, 9.17) is 0 Å². The Labute approximate surface area is 172 Å². The first-order valence-electron chi connectivity index (χ1n) is 9.30. The monoisotopic (exact) mass is 412 g/mol. The molecule has 0 aromatic heterocycles. The van der Waals surface area contributed by atoms with Crippen LogP contribution in [0.25, 0.3) is 0 Å². The van der Waals surface area contributed by atoms with Gasteiger partial charge in [-0.2, -0.15) is 0 Å². The van der Waals surface area contributed by atoms with Crippen LogP contribution < -0.4 is 10.6 Å². The van der Waals surface area contributed by atoms with Gasteiger partial charge < -0.3 is 10.6 Å². The zero-order valence-electron chi connectivity index (χ0n) is 17.2. The number of nitrogens with one attached hydrogen (secondary N) is 2. The highest BCUT2D eigenvalue weighted by molar-refractivity contribution is 5.78. The Morgan fingerprint density at radius 1 is 0.793 bits per heavy atom. The van der Waals surface area contributed by atoms with Gasteiger partial charge in [0.15, 0.2) is 0 Å². The molecule has 0 spiro atoms. The lowest BCUT2D eigenvalue weighted by molar-refractivity contribution is -0.124. The van der Waals surface area contributed by atoms with Gasteiger partial charge in [-0.3, -0.25) is 9.59 Å². The quantitative estimate of drug-likeness (QED) is 0.699. The highest BCUT2D eigenvalue weighted by Gasteiger charge is 2.16. The number of benzene rings is 2. The van der Waals surface area contributed by atoms with E-state index in [2.05, 4.69) is 10.6 Å². The smallest absolute Gasteiger partial charge is 0.223 e. The molecule has 0 bridgehead atoms. The van der Waals surface area contributed by atoms with E-state index in [1.165, 1.54) is 26.0 Å². The van der Waals surface area contributed by atoms with Crippen LogP contribution in [0.3, 0.4) is 0 Å². The van der Waals surface area contributed by atoms with Crippen molar-refractivity contribution >= 4 is 11.8 Å². The van der Waals surface area contributed by atoms with Crippen LogP contribution in [-0.2, 0) is 9.59 Å². The van der Waals surface area contributed by atoms with Crippen LogP contribution in [0.15, 0.2) is 42.5 Å². The zero-order chi connectivity index (χ0) is 22.1. The van der Waals surface area contributed by atoms with E-state index in [0.29, 0.717) is 5.56 Å². The molecular weight excluding hydrogens is 381 g/mol. The van der Waals surface area contributed by atoms with Crippen LogP contribution in [0.2, 0.25) is 0 Å². The fraction of sp³-hybridized carbons (Fsp3) is 0.364. The van der Waals surface area contributed by atoms with Gasteiger partial charge in [0, 0.05) is 26.8 Å². The average Bonchev–Trinajstić information content (AvgIpc) is 2.61. The minimum absolute atomic E-state index is 0. The van der Waals surface area contributed by atoms with Gasteiger partial charge >= 0.3 is 0 Å². The maximum absolute atomic E-state index is 13.3. The molecule has 2 aromatic rings. The van der Waals surface area contributed by atoms with Crippen molar-refractivity contribution in [2.24, 2.45) is 5.92 Å². The summed E-state index contributed by atoms with van der Waals surface area (Å²) in [6.07, 6.45) is 0. The molecule has 29 heavy (non-hydrogen) atoms. The molecule has 2 amide bonds. The number of amides is 2. The van der Waals surface area contributed by atoms with Crippen molar-refractivity contribution < 1.29 is 25.6 Å². The minimum Gasteiger partial charge on any atom is -0.350 e. The minimum atomic E-state index is -0.659. The summed E-state index contributed by atoms with van der Waals surface area (Å²) in [5.74, 6) is -2.04. The van der Waals surface area contributed by atoms with Crippen molar-refractivity contribution in [2.45, 2.75) is 46.7 Å². The maximum Gasteiger partial charge on any atom is 0.223 e. The molecule has 0 saturated carbocycles.